The zero-order valence-corrected chi connectivity index (χ0v) is 18.6. The summed E-state index contributed by atoms with van der Waals surface area (Å²) in [5, 5.41) is 18.3. The number of thioether (sulfide) groups is 1. The summed E-state index contributed by atoms with van der Waals surface area (Å²) in [5.41, 5.74) is 1.29. The van der Waals surface area contributed by atoms with Crippen LogP contribution in [0.25, 0.3) is 0 Å². The van der Waals surface area contributed by atoms with Crippen molar-refractivity contribution in [3.63, 3.8) is 0 Å². The van der Waals surface area contributed by atoms with E-state index in [1.807, 2.05) is 30.9 Å². The molecule has 0 spiro atoms. The Labute approximate surface area is 177 Å². The fourth-order valence-electron chi connectivity index (χ4n) is 3.12. The summed E-state index contributed by atoms with van der Waals surface area (Å²) in [5.74, 6) is 0.891. The van der Waals surface area contributed by atoms with Gasteiger partial charge in [0.2, 0.25) is 0 Å². The highest BCUT2D eigenvalue weighted by atomic mass is 127. The second-order valence-corrected chi connectivity index (χ2v) is 7.53. The van der Waals surface area contributed by atoms with E-state index in [0.29, 0.717) is 6.04 Å². The summed E-state index contributed by atoms with van der Waals surface area (Å²) >= 11 is 1.96. The first-order valence-electron chi connectivity index (χ1n) is 8.85. The van der Waals surface area contributed by atoms with Crippen LogP contribution in [-0.4, -0.2) is 42.0 Å². The Morgan fingerprint density at radius 3 is 2.62 bits per heavy atom. The number of aliphatic imine (C=N–C) groups is 1. The highest BCUT2D eigenvalue weighted by Gasteiger charge is 2.24. The third kappa shape index (κ3) is 7.69. The maximum atomic E-state index is 10.6. The number of nitro groups is 1. The standard InChI is InChI=1S/C18H28N4O2S.HI/c1-19-18(21-15-8-11-17(13-15)25-2)20-12-4-3-5-14-6-9-16(10-7-14)22(23)24;/h6-7,9-10,15,17H,3-5,8,11-13H2,1-2H3,(H2,19,20,21);1H. The van der Waals surface area contributed by atoms with Gasteiger partial charge in [0.05, 0.1) is 4.92 Å². The zero-order chi connectivity index (χ0) is 18.1. The fraction of sp³-hybridized carbons (Fsp3) is 0.611. The van der Waals surface area contributed by atoms with E-state index in [9.17, 15) is 10.1 Å². The molecule has 1 fully saturated rings. The highest BCUT2D eigenvalue weighted by Crippen LogP contribution is 2.27. The lowest BCUT2D eigenvalue weighted by Gasteiger charge is -2.17. The van der Waals surface area contributed by atoms with E-state index in [4.69, 9.17) is 0 Å². The number of hydrogen-bond donors (Lipinski definition) is 2. The molecule has 0 heterocycles. The van der Waals surface area contributed by atoms with E-state index in [2.05, 4.69) is 21.9 Å². The number of nitrogens with zero attached hydrogens (tertiary/aromatic N) is 2. The topological polar surface area (TPSA) is 79.6 Å². The molecule has 0 aromatic heterocycles. The van der Waals surface area contributed by atoms with Gasteiger partial charge >= 0.3 is 0 Å². The second-order valence-electron chi connectivity index (χ2n) is 6.39. The van der Waals surface area contributed by atoms with Crippen LogP contribution >= 0.6 is 35.7 Å². The van der Waals surface area contributed by atoms with Gasteiger partial charge in [-0.25, -0.2) is 0 Å². The van der Waals surface area contributed by atoms with Gasteiger partial charge in [0, 0.05) is 37.0 Å². The average Bonchev–Trinajstić information content (AvgIpc) is 3.08. The number of halogens is 1. The van der Waals surface area contributed by atoms with Gasteiger partial charge in [-0.15, -0.1) is 24.0 Å². The summed E-state index contributed by atoms with van der Waals surface area (Å²) in [6.07, 6.45) is 8.91. The summed E-state index contributed by atoms with van der Waals surface area (Å²) in [6.45, 7) is 0.880. The molecule has 2 atom stereocenters. The maximum absolute atomic E-state index is 10.6. The van der Waals surface area contributed by atoms with Gasteiger partial charge in [-0.3, -0.25) is 15.1 Å². The van der Waals surface area contributed by atoms with Crippen LogP contribution in [-0.2, 0) is 6.42 Å². The Kier molecular flexibility index (Phi) is 11.0. The minimum Gasteiger partial charge on any atom is -0.356 e. The minimum absolute atomic E-state index is 0. The number of hydrogen-bond acceptors (Lipinski definition) is 4. The van der Waals surface area contributed by atoms with Crippen LogP contribution in [0.1, 0.15) is 37.7 Å². The van der Waals surface area contributed by atoms with Crippen LogP contribution < -0.4 is 10.6 Å². The van der Waals surface area contributed by atoms with E-state index < -0.39 is 0 Å². The van der Waals surface area contributed by atoms with Crippen molar-refractivity contribution in [2.75, 3.05) is 19.8 Å². The van der Waals surface area contributed by atoms with Crippen LogP contribution in [0.2, 0.25) is 0 Å². The highest BCUT2D eigenvalue weighted by molar-refractivity contribution is 14.0. The molecular formula is C18H29IN4O2S. The molecule has 1 aliphatic carbocycles. The Hall–Kier alpha value is -1.03. The van der Waals surface area contributed by atoms with Crippen molar-refractivity contribution in [1.29, 1.82) is 0 Å². The van der Waals surface area contributed by atoms with Gasteiger partial charge in [0.1, 0.15) is 0 Å². The largest absolute Gasteiger partial charge is 0.356 e. The van der Waals surface area contributed by atoms with Crippen LogP contribution in [0.3, 0.4) is 0 Å². The molecule has 0 saturated heterocycles. The second kappa shape index (κ2) is 12.4. The third-order valence-corrected chi connectivity index (χ3v) is 5.71. The first-order chi connectivity index (χ1) is 12.1. The summed E-state index contributed by atoms with van der Waals surface area (Å²) < 4.78 is 0. The van der Waals surface area contributed by atoms with Crippen molar-refractivity contribution in [1.82, 2.24) is 10.6 Å². The Morgan fingerprint density at radius 2 is 2.04 bits per heavy atom. The van der Waals surface area contributed by atoms with Crippen molar-refractivity contribution >= 4 is 47.4 Å². The first-order valence-corrected chi connectivity index (χ1v) is 10.1. The Bertz CT molecular complexity index is 583. The van der Waals surface area contributed by atoms with Crippen LogP contribution in [0.15, 0.2) is 29.3 Å². The van der Waals surface area contributed by atoms with Gasteiger partial charge in [-0.2, -0.15) is 11.8 Å². The number of aryl methyl sites for hydroxylation is 1. The molecule has 1 aromatic rings. The van der Waals surface area contributed by atoms with Crippen molar-refractivity contribution in [3.05, 3.63) is 39.9 Å². The lowest BCUT2D eigenvalue weighted by atomic mass is 10.1. The Balaban J connectivity index is 0.00000338. The maximum Gasteiger partial charge on any atom is 0.269 e. The normalized spacial score (nSPS) is 19.7. The van der Waals surface area contributed by atoms with Crippen molar-refractivity contribution in [3.8, 4) is 0 Å². The molecule has 2 rings (SSSR count). The molecule has 2 N–H and O–H groups in total. The number of non-ortho nitro benzene ring substituents is 1. The smallest absolute Gasteiger partial charge is 0.269 e. The number of rotatable bonds is 8. The van der Waals surface area contributed by atoms with E-state index >= 15 is 0 Å². The predicted molar refractivity (Wildman–Crippen MR) is 121 cm³/mol. The van der Waals surface area contributed by atoms with Crippen molar-refractivity contribution in [2.45, 2.75) is 49.8 Å². The third-order valence-electron chi connectivity index (χ3n) is 4.61. The average molecular weight is 492 g/mol. The fourth-order valence-corrected chi connectivity index (χ4v) is 3.92. The number of nitrogens with one attached hydrogen (secondary N) is 2. The lowest BCUT2D eigenvalue weighted by Crippen LogP contribution is -2.42. The molecule has 8 heteroatoms. The molecule has 0 radical (unpaired) electrons. The molecule has 6 nitrogen and oxygen atoms in total. The van der Waals surface area contributed by atoms with E-state index in [1.54, 1.807) is 12.1 Å². The molecular weight excluding hydrogens is 463 g/mol. The number of guanidine groups is 1. The van der Waals surface area contributed by atoms with Crippen LogP contribution in [0.4, 0.5) is 5.69 Å². The quantitative estimate of drug-likeness (QED) is 0.143. The monoisotopic (exact) mass is 492 g/mol. The van der Waals surface area contributed by atoms with Gasteiger partial charge in [0.25, 0.3) is 5.69 Å². The molecule has 0 amide bonds. The van der Waals surface area contributed by atoms with E-state index in [0.717, 1.165) is 42.6 Å². The minimum atomic E-state index is -0.363. The summed E-state index contributed by atoms with van der Waals surface area (Å²) in [4.78, 5) is 14.6. The van der Waals surface area contributed by atoms with Crippen molar-refractivity contribution in [2.24, 2.45) is 4.99 Å². The van der Waals surface area contributed by atoms with Gasteiger partial charge in [-0.05, 0) is 50.3 Å². The number of benzene rings is 1. The SMILES string of the molecule is CN=C(NCCCCc1ccc([N+](=O)[O-])cc1)NC1CCC(SC)C1.I. The molecule has 1 saturated carbocycles. The van der Waals surface area contributed by atoms with E-state index in [-0.39, 0.29) is 34.6 Å². The zero-order valence-electron chi connectivity index (χ0n) is 15.4. The van der Waals surface area contributed by atoms with Gasteiger partial charge < -0.3 is 10.6 Å². The molecule has 26 heavy (non-hydrogen) atoms. The number of unbranched alkanes of at least 4 members (excludes halogenated alkanes) is 1. The Morgan fingerprint density at radius 1 is 1.31 bits per heavy atom. The molecule has 1 aromatic carbocycles. The van der Waals surface area contributed by atoms with Crippen molar-refractivity contribution < 1.29 is 4.92 Å². The molecule has 0 aliphatic heterocycles. The first kappa shape index (κ1) is 23.0. The lowest BCUT2D eigenvalue weighted by molar-refractivity contribution is -0.384. The molecule has 1 aliphatic rings. The summed E-state index contributed by atoms with van der Waals surface area (Å²) in [6, 6.07) is 7.36. The van der Waals surface area contributed by atoms with Crippen LogP contribution in [0, 0.1) is 10.1 Å². The summed E-state index contributed by atoms with van der Waals surface area (Å²) in [7, 11) is 1.81. The molecule has 0 bridgehead atoms. The predicted octanol–water partition coefficient (Wildman–Crippen LogP) is 3.98. The van der Waals surface area contributed by atoms with Crippen LogP contribution in [0.5, 0.6) is 0 Å². The molecule has 2 unspecified atom stereocenters. The molecule has 146 valence electrons. The van der Waals surface area contributed by atoms with Gasteiger partial charge in [-0.1, -0.05) is 12.1 Å². The van der Waals surface area contributed by atoms with Gasteiger partial charge in [0.15, 0.2) is 5.96 Å². The van der Waals surface area contributed by atoms with E-state index in [1.165, 1.54) is 19.3 Å². The number of nitro benzene ring substituents is 1.